The Hall–Kier alpha value is -1.75. The number of hydrogen-bond donors (Lipinski definition) is 3. The maximum Gasteiger partial charge on any atom is 0.407 e. The summed E-state index contributed by atoms with van der Waals surface area (Å²) in [6.45, 7) is 1.87. The van der Waals surface area contributed by atoms with Crippen LogP contribution in [0.25, 0.3) is 0 Å². The standard InChI is InChI=1S/C11H14N2O3/c14-9-3-1-8(2-4-9)5-12-6-10-7-13-11(15)16-10/h1-4,10,12,14H,5-7H2,(H,13,15)/t10-/m0/s1. The highest BCUT2D eigenvalue weighted by atomic mass is 16.6. The predicted molar refractivity (Wildman–Crippen MR) is 58.1 cm³/mol. The van der Waals surface area contributed by atoms with E-state index in [2.05, 4.69) is 10.6 Å². The molecule has 1 saturated heterocycles. The molecule has 2 rings (SSSR count). The van der Waals surface area contributed by atoms with Gasteiger partial charge in [0, 0.05) is 13.1 Å². The van der Waals surface area contributed by atoms with Gasteiger partial charge in [0.25, 0.3) is 0 Å². The summed E-state index contributed by atoms with van der Waals surface area (Å²) in [5.74, 6) is 0.262. The minimum atomic E-state index is -0.351. The van der Waals surface area contributed by atoms with E-state index in [9.17, 15) is 4.79 Å². The van der Waals surface area contributed by atoms with Crippen molar-refractivity contribution in [2.75, 3.05) is 13.1 Å². The fourth-order valence-electron chi connectivity index (χ4n) is 1.54. The Labute approximate surface area is 93.4 Å². The van der Waals surface area contributed by atoms with Gasteiger partial charge in [-0.1, -0.05) is 12.1 Å². The molecule has 0 spiro atoms. The molecule has 0 unspecified atom stereocenters. The third-order valence-corrected chi connectivity index (χ3v) is 2.39. The Balaban J connectivity index is 1.72. The van der Waals surface area contributed by atoms with Crippen LogP contribution >= 0.6 is 0 Å². The molecule has 1 heterocycles. The highest BCUT2D eigenvalue weighted by Gasteiger charge is 2.21. The average molecular weight is 222 g/mol. The number of amides is 1. The summed E-state index contributed by atoms with van der Waals surface area (Å²) in [6.07, 6.45) is -0.443. The lowest BCUT2D eigenvalue weighted by Gasteiger charge is -2.09. The topological polar surface area (TPSA) is 70.6 Å². The van der Waals surface area contributed by atoms with E-state index in [0.717, 1.165) is 5.56 Å². The largest absolute Gasteiger partial charge is 0.508 e. The summed E-state index contributed by atoms with van der Waals surface area (Å²) in [4.78, 5) is 10.7. The zero-order chi connectivity index (χ0) is 11.4. The number of rotatable bonds is 4. The molecule has 1 atom stereocenters. The lowest BCUT2D eigenvalue weighted by Crippen LogP contribution is -2.29. The molecule has 86 valence electrons. The number of carbonyl (C=O) groups is 1. The van der Waals surface area contributed by atoms with E-state index in [1.54, 1.807) is 12.1 Å². The molecule has 5 heteroatoms. The van der Waals surface area contributed by atoms with Crippen LogP contribution in [0.1, 0.15) is 5.56 Å². The van der Waals surface area contributed by atoms with Gasteiger partial charge in [0.05, 0.1) is 6.54 Å². The first kappa shape index (κ1) is 10.8. The fraction of sp³-hybridized carbons (Fsp3) is 0.364. The van der Waals surface area contributed by atoms with E-state index in [1.807, 2.05) is 12.1 Å². The predicted octanol–water partition coefficient (Wildman–Crippen LogP) is 0.590. The van der Waals surface area contributed by atoms with Crippen molar-refractivity contribution in [2.45, 2.75) is 12.6 Å². The van der Waals surface area contributed by atoms with Gasteiger partial charge in [-0.2, -0.15) is 0 Å². The summed E-state index contributed by atoms with van der Waals surface area (Å²) < 4.78 is 4.97. The summed E-state index contributed by atoms with van der Waals surface area (Å²) in [5, 5.41) is 14.9. The smallest absolute Gasteiger partial charge is 0.407 e. The van der Waals surface area contributed by atoms with Gasteiger partial charge in [-0.25, -0.2) is 4.79 Å². The minimum Gasteiger partial charge on any atom is -0.508 e. The monoisotopic (exact) mass is 222 g/mol. The highest BCUT2D eigenvalue weighted by Crippen LogP contribution is 2.09. The summed E-state index contributed by atoms with van der Waals surface area (Å²) in [7, 11) is 0. The van der Waals surface area contributed by atoms with Crippen LogP contribution in [-0.2, 0) is 11.3 Å². The molecular weight excluding hydrogens is 208 g/mol. The number of cyclic esters (lactones) is 1. The second kappa shape index (κ2) is 4.85. The van der Waals surface area contributed by atoms with Crippen molar-refractivity contribution in [2.24, 2.45) is 0 Å². The zero-order valence-electron chi connectivity index (χ0n) is 8.77. The van der Waals surface area contributed by atoms with E-state index >= 15 is 0 Å². The van der Waals surface area contributed by atoms with Crippen LogP contribution < -0.4 is 10.6 Å². The lowest BCUT2D eigenvalue weighted by molar-refractivity contribution is 0.139. The molecule has 1 aromatic carbocycles. The molecule has 16 heavy (non-hydrogen) atoms. The number of hydrogen-bond acceptors (Lipinski definition) is 4. The van der Waals surface area contributed by atoms with Crippen molar-refractivity contribution in [3.8, 4) is 5.75 Å². The Bertz CT molecular complexity index is 364. The molecule has 1 aliphatic heterocycles. The van der Waals surface area contributed by atoms with Crippen LogP contribution in [0.2, 0.25) is 0 Å². The summed E-state index contributed by atoms with van der Waals surface area (Å²) >= 11 is 0. The average Bonchev–Trinajstić information content (AvgIpc) is 2.67. The highest BCUT2D eigenvalue weighted by molar-refractivity contribution is 5.69. The van der Waals surface area contributed by atoms with Crippen LogP contribution in [0.4, 0.5) is 4.79 Å². The molecule has 5 nitrogen and oxygen atoms in total. The van der Waals surface area contributed by atoms with E-state index in [-0.39, 0.29) is 17.9 Å². The Kier molecular flexibility index (Phi) is 3.26. The van der Waals surface area contributed by atoms with Gasteiger partial charge >= 0.3 is 6.09 Å². The summed E-state index contributed by atoms with van der Waals surface area (Å²) in [5.41, 5.74) is 1.08. The molecule has 0 saturated carbocycles. The third kappa shape index (κ3) is 2.87. The van der Waals surface area contributed by atoms with Crippen LogP contribution in [0.5, 0.6) is 5.75 Å². The number of ether oxygens (including phenoxy) is 1. The molecule has 1 aromatic rings. The van der Waals surface area contributed by atoms with E-state index in [1.165, 1.54) is 0 Å². The van der Waals surface area contributed by atoms with Crippen LogP contribution in [-0.4, -0.2) is 30.4 Å². The van der Waals surface area contributed by atoms with Crippen molar-refractivity contribution in [3.63, 3.8) is 0 Å². The van der Waals surface area contributed by atoms with Crippen LogP contribution in [0.3, 0.4) is 0 Å². The quantitative estimate of drug-likeness (QED) is 0.697. The Morgan fingerprint density at radius 3 is 2.81 bits per heavy atom. The molecule has 1 amide bonds. The third-order valence-electron chi connectivity index (χ3n) is 2.39. The Morgan fingerprint density at radius 1 is 1.44 bits per heavy atom. The molecule has 1 aliphatic rings. The van der Waals surface area contributed by atoms with Crippen molar-refractivity contribution in [3.05, 3.63) is 29.8 Å². The van der Waals surface area contributed by atoms with Gasteiger partial charge in [0.15, 0.2) is 0 Å². The van der Waals surface area contributed by atoms with E-state index in [0.29, 0.717) is 19.6 Å². The molecule has 0 bridgehead atoms. The number of phenols is 1. The minimum absolute atomic E-state index is 0.0929. The van der Waals surface area contributed by atoms with Gasteiger partial charge < -0.3 is 20.5 Å². The number of aromatic hydroxyl groups is 1. The molecule has 0 aromatic heterocycles. The zero-order valence-corrected chi connectivity index (χ0v) is 8.77. The van der Waals surface area contributed by atoms with Crippen molar-refractivity contribution in [1.29, 1.82) is 0 Å². The molecular formula is C11H14N2O3. The van der Waals surface area contributed by atoms with Crippen LogP contribution in [0.15, 0.2) is 24.3 Å². The van der Waals surface area contributed by atoms with Gasteiger partial charge in [-0.15, -0.1) is 0 Å². The molecule has 1 fully saturated rings. The van der Waals surface area contributed by atoms with Gasteiger partial charge in [0.1, 0.15) is 11.9 Å². The first-order chi connectivity index (χ1) is 7.74. The van der Waals surface area contributed by atoms with Gasteiger partial charge in [-0.05, 0) is 17.7 Å². The van der Waals surface area contributed by atoms with E-state index < -0.39 is 0 Å². The summed E-state index contributed by atoms with van der Waals surface area (Å²) in [6, 6.07) is 6.99. The van der Waals surface area contributed by atoms with Gasteiger partial charge in [0.2, 0.25) is 0 Å². The number of alkyl carbamates (subject to hydrolysis) is 1. The molecule has 3 N–H and O–H groups in total. The molecule has 0 radical (unpaired) electrons. The second-order valence-electron chi connectivity index (χ2n) is 3.71. The Morgan fingerprint density at radius 2 is 2.19 bits per heavy atom. The number of carbonyl (C=O) groups excluding carboxylic acids is 1. The van der Waals surface area contributed by atoms with Crippen LogP contribution in [0, 0.1) is 0 Å². The normalized spacial score (nSPS) is 19.2. The lowest BCUT2D eigenvalue weighted by atomic mass is 10.2. The van der Waals surface area contributed by atoms with Crippen molar-refractivity contribution >= 4 is 6.09 Å². The number of nitrogens with one attached hydrogen (secondary N) is 2. The number of phenolic OH excluding ortho intramolecular Hbond substituents is 1. The first-order valence-electron chi connectivity index (χ1n) is 5.17. The maximum atomic E-state index is 10.7. The van der Waals surface area contributed by atoms with Crippen molar-refractivity contribution < 1.29 is 14.6 Å². The maximum absolute atomic E-state index is 10.7. The molecule has 0 aliphatic carbocycles. The fourth-order valence-corrected chi connectivity index (χ4v) is 1.54. The van der Waals surface area contributed by atoms with Gasteiger partial charge in [-0.3, -0.25) is 0 Å². The SMILES string of the molecule is O=C1NC[C@H](CNCc2ccc(O)cc2)O1. The number of benzene rings is 1. The van der Waals surface area contributed by atoms with E-state index in [4.69, 9.17) is 9.84 Å². The first-order valence-corrected chi connectivity index (χ1v) is 5.17. The second-order valence-corrected chi connectivity index (χ2v) is 3.71. The van der Waals surface area contributed by atoms with Crippen molar-refractivity contribution in [1.82, 2.24) is 10.6 Å².